The van der Waals surface area contributed by atoms with Crippen molar-refractivity contribution in [1.29, 1.82) is 0 Å². The maximum Gasteiger partial charge on any atom is 0.193 e. The molecule has 7 heteroatoms. The molecule has 0 spiro atoms. The Bertz CT molecular complexity index is 866. The van der Waals surface area contributed by atoms with Crippen molar-refractivity contribution in [2.75, 3.05) is 44.7 Å². The molecule has 1 fully saturated rings. The van der Waals surface area contributed by atoms with Gasteiger partial charge in [-0.25, -0.2) is 0 Å². The highest BCUT2D eigenvalue weighted by Crippen LogP contribution is 2.22. The number of aliphatic imine (C=N–C) groups is 1. The fourth-order valence-electron chi connectivity index (χ4n) is 3.57. The van der Waals surface area contributed by atoms with Crippen LogP contribution in [0, 0.1) is 0 Å². The number of nitrogens with one attached hydrogen (secondary N) is 2. The number of piperazine rings is 1. The Balaban J connectivity index is 0.00000210. The van der Waals surface area contributed by atoms with Crippen molar-refractivity contribution in [3.05, 3.63) is 53.5 Å². The summed E-state index contributed by atoms with van der Waals surface area (Å²) in [7, 11) is 1.87. The molecule has 3 aromatic rings. The first-order valence-electron chi connectivity index (χ1n) is 9.14. The number of benzene rings is 1. The zero-order valence-corrected chi connectivity index (χ0v) is 18.7. The van der Waals surface area contributed by atoms with Crippen LogP contribution < -0.4 is 10.2 Å². The Hall–Kier alpha value is -1.74. The van der Waals surface area contributed by atoms with Crippen LogP contribution in [-0.4, -0.2) is 55.6 Å². The third kappa shape index (κ3) is 4.57. The number of hydrogen-bond donors (Lipinski definition) is 2. The second-order valence-electron chi connectivity index (χ2n) is 6.51. The van der Waals surface area contributed by atoms with Crippen molar-refractivity contribution in [2.45, 2.75) is 6.42 Å². The van der Waals surface area contributed by atoms with Gasteiger partial charge in [0.25, 0.3) is 0 Å². The van der Waals surface area contributed by atoms with E-state index in [9.17, 15) is 0 Å². The molecule has 1 aliphatic rings. The first kappa shape index (κ1) is 20.0. The van der Waals surface area contributed by atoms with Crippen LogP contribution in [0.25, 0.3) is 10.9 Å². The number of fused-ring (bicyclic) bond motifs is 1. The van der Waals surface area contributed by atoms with Gasteiger partial charge >= 0.3 is 0 Å². The summed E-state index contributed by atoms with van der Waals surface area (Å²) in [6, 6.07) is 12.8. The van der Waals surface area contributed by atoms with Gasteiger partial charge in [0.15, 0.2) is 5.96 Å². The van der Waals surface area contributed by atoms with Crippen molar-refractivity contribution < 1.29 is 0 Å². The fraction of sp³-hybridized carbons (Fsp3) is 0.350. The van der Waals surface area contributed by atoms with Gasteiger partial charge in [-0.05, 0) is 35.6 Å². The van der Waals surface area contributed by atoms with E-state index in [1.807, 2.05) is 18.4 Å². The Kier molecular flexibility index (Phi) is 7.01. The zero-order valence-electron chi connectivity index (χ0n) is 15.5. The molecule has 0 radical (unpaired) electrons. The predicted molar refractivity (Wildman–Crippen MR) is 127 cm³/mol. The number of aromatic nitrogens is 1. The first-order chi connectivity index (χ1) is 12.8. The molecular formula is C20H26IN5S. The summed E-state index contributed by atoms with van der Waals surface area (Å²) in [5.74, 6) is 1.01. The molecule has 3 heterocycles. The number of H-pyrrole nitrogens is 1. The lowest BCUT2D eigenvalue weighted by Crippen LogP contribution is -2.52. The normalized spacial score (nSPS) is 15.1. The average Bonchev–Trinajstić information content (AvgIpc) is 3.36. The van der Waals surface area contributed by atoms with Gasteiger partial charge < -0.3 is 20.1 Å². The minimum absolute atomic E-state index is 0. The molecule has 1 saturated heterocycles. The largest absolute Gasteiger partial charge is 0.361 e. The summed E-state index contributed by atoms with van der Waals surface area (Å²) in [4.78, 5) is 12.7. The van der Waals surface area contributed by atoms with E-state index in [4.69, 9.17) is 0 Å². The first-order valence-corrected chi connectivity index (χ1v) is 10.0. The summed E-state index contributed by atoms with van der Waals surface area (Å²) >= 11 is 1.82. The van der Waals surface area contributed by atoms with Crippen molar-refractivity contribution in [2.24, 2.45) is 4.99 Å². The Morgan fingerprint density at radius 3 is 2.70 bits per heavy atom. The second kappa shape index (κ2) is 9.45. The monoisotopic (exact) mass is 495 g/mol. The third-order valence-electron chi connectivity index (χ3n) is 4.96. The van der Waals surface area contributed by atoms with Crippen LogP contribution in [-0.2, 0) is 6.42 Å². The molecule has 0 atom stereocenters. The number of para-hydroxylation sites is 1. The molecule has 0 amide bonds. The minimum atomic E-state index is 0. The Morgan fingerprint density at radius 2 is 1.96 bits per heavy atom. The van der Waals surface area contributed by atoms with Gasteiger partial charge in [-0.3, -0.25) is 4.99 Å². The van der Waals surface area contributed by atoms with Crippen molar-refractivity contribution in [1.82, 2.24) is 15.2 Å². The number of hydrogen-bond acceptors (Lipinski definition) is 3. The summed E-state index contributed by atoms with van der Waals surface area (Å²) in [5, 5.41) is 8.36. The predicted octanol–water partition coefficient (Wildman–Crippen LogP) is 3.79. The average molecular weight is 495 g/mol. The van der Waals surface area contributed by atoms with Gasteiger partial charge in [0.05, 0.1) is 5.00 Å². The van der Waals surface area contributed by atoms with E-state index in [2.05, 4.69) is 73.1 Å². The van der Waals surface area contributed by atoms with Gasteiger partial charge in [-0.2, -0.15) is 0 Å². The fourth-order valence-corrected chi connectivity index (χ4v) is 4.35. The molecule has 0 aliphatic carbocycles. The van der Waals surface area contributed by atoms with Gasteiger partial charge in [0, 0.05) is 56.9 Å². The van der Waals surface area contributed by atoms with E-state index in [-0.39, 0.29) is 24.0 Å². The summed E-state index contributed by atoms with van der Waals surface area (Å²) in [6.45, 7) is 4.99. The van der Waals surface area contributed by atoms with E-state index in [0.717, 1.165) is 45.1 Å². The second-order valence-corrected chi connectivity index (χ2v) is 7.44. The van der Waals surface area contributed by atoms with Crippen molar-refractivity contribution >= 4 is 57.2 Å². The van der Waals surface area contributed by atoms with E-state index < -0.39 is 0 Å². The molecule has 0 saturated carbocycles. The van der Waals surface area contributed by atoms with Crippen molar-refractivity contribution in [3.63, 3.8) is 0 Å². The standard InChI is InChI=1S/C20H25N5S.HI/c1-21-20(25-12-10-24(11-13-25)19-7-4-14-26-19)22-9-8-16-15-23-18-6-3-2-5-17(16)18;/h2-7,14-15,23H,8-13H2,1H3,(H,21,22);1H. The maximum absolute atomic E-state index is 4.49. The van der Waals surface area contributed by atoms with E-state index in [1.54, 1.807) is 0 Å². The number of anilines is 1. The molecule has 5 nitrogen and oxygen atoms in total. The SMILES string of the molecule is CN=C(NCCc1c[nH]c2ccccc12)N1CCN(c2cccs2)CC1.I. The van der Waals surface area contributed by atoms with Gasteiger partial charge in [0.2, 0.25) is 0 Å². The highest BCUT2D eigenvalue weighted by atomic mass is 127. The number of nitrogens with zero attached hydrogens (tertiary/aromatic N) is 3. The lowest BCUT2D eigenvalue weighted by Gasteiger charge is -2.37. The highest BCUT2D eigenvalue weighted by Gasteiger charge is 2.20. The van der Waals surface area contributed by atoms with Crippen LogP contribution in [0.4, 0.5) is 5.00 Å². The Labute approximate surface area is 181 Å². The molecule has 2 aromatic heterocycles. The zero-order chi connectivity index (χ0) is 17.8. The molecule has 2 N–H and O–H groups in total. The molecular weight excluding hydrogens is 469 g/mol. The third-order valence-corrected chi connectivity index (χ3v) is 5.89. The summed E-state index contributed by atoms with van der Waals surface area (Å²) < 4.78 is 0. The van der Waals surface area contributed by atoms with E-state index >= 15 is 0 Å². The molecule has 4 rings (SSSR count). The van der Waals surface area contributed by atoms with Crippen LogP contribution in [0.2, 0.25) is 0 Å². The quantitative estimate of drug-likeness (QED) is 0.329. The molecule has 1 aliphatic heterocycles. The summed E-state index contributed by atoms with van der Waals surface area (Å²) in [6.07, 6.45) is 3.10. The van der Waals surface area contributed by atoms with Crippen LogP contribution >= 0.6 is 35.3 Å². The van der Waals surface area contributed by atoms with Crippen molar-refractivity contribution in [3.8, 4) is 0 Å². The molecule has 1 aromatic carbocycles. The van der Waals surface area contributed by atoms with Gasteiger partial charge in [-0.15, -0.1) is 35.3 Å². The maximum atomic E-state index is 4.49. The van der Waals surface area contributed by atoms with Crippen LogP contribution in [0.3, 0.4) is 0 Å². The Morgan fingerprint density at radius 1 is 1.15 bits per heavy atom. The smallest absolute Gasteiger partial charge is 0.193 e. The lowest BCUT2D eigenvalue weighted by atomic mass is 10.1. The molecule has 27 heavy (non-hydrogen) atoms. The molecule has 0 unspecified atom stereocenters. The van der Waals surface area contributed by atoms with E-state index in [1.165, 1.54) is 21.5 Å². The lowest BCUT2D eigenvalue weighted by molar-refractivity contribution is 0.374. The van der Waals surface area contributed by atoms with Gasteiger partial charge in [-0.1, -0.05) is 18.2 Å². The summed E-state index contributed by atoms with van der Waals surface area (Å²) in [5.41, 5.74) is 2.56. The molecule has 0 bridgehead atoms. The molecule has 144 valence electrons. The number of guanidine groups is 1. The minimum Gasteiger partial charge on any atom is -0.361 e. The number of thiophene rings is 1. The number of aromatic amines is 1. The topological polar surface area (TPSA) is 46.7 Å². The number of rotatable bonds is 4. The van der Waals surface area contributed by atoms with Crippen LogP contribution in [0.1, 0.15) is 5.56 Å². The van der Waals surface area contributed by atoms with Crippen LogP contribution in [0.5, 0.6) is 0 Å². The number of halogens is 1. The highest BCUT2D eigenvalue weighted by molar-refractivity contribution is 14.0. The van der Waals surface area contributed by atoms with E-state index in [0.29, 0.717) is 0 Å². The van der Waals surface area contributed by atoms with Crippen LogP contribution in [0.15, 0.2) is 53.0 Å². The van der Waals surface area contributed by atoms with Gasteiger partial charge in [0.1, 0.15) is 0 Å².